The van der Waals surface area contributed by atoms with Gasteiger partial charge < -0.3 is 10.6 Å². The van der Waals surface area contributed by atoms with Crippen LogP contribution in [0, 0.1) is 0 Å². The Balaban J connectivity index is 2.50. The summed E-state index contributed by atoms with van der Waals surface area (Å²) in [4.78, 5) is 8.26. The number of nitrogens with one attached hydrogen (secondary N) is 1. The van der Waals surface area contributed by atoms with Crippen LogP contribution in [-0.2, 0) is 4.84 Å². The average Bonchev–Trinajstić information content (AvgIpc) is 1.90. The van der Waals surface area contributed by atoms with Crippen LogP contribution in [0.1, 0.15) is 0 Å². The maximum absolute atomic E-state index is 5.22. The molecule has 0 saturated heterocycles. The summed E-state index contributed by atoms with van der Waals surface area (Å²) in [6, 6.07) is 0. The monoisotopic (exact) mass is 113 g/mol. The molecule has 1 rings (SSSR count). The number of nitrogens with zero attached hydrogens (tertiary/aromatic N) is 1. The molecule has 1 aliphatic rings. The fourth-order valence-corrected chi connectivity index (χ4v) is 0.374. The van der Waals surface area contributed by atoms with Gasteiger partial charge in [0, 0.05) is 6.54 Å². The van der Waals surface area contributed by atoms with Gasteiger partial charge in [-0.2, -0.15) is 0 Å². The van der Waals surface area contributed by atoms with Gasteiger partial charge in [-0.25, -0.2) is 10.5 Å². The van der Waals surface area contributed by atoms with Crippen molar-refractivity contribution in [3.05, 3.63) is 11.9 Å². The highest BCUT2D eigenvalue weighted by atomic mass is 16.6. The van der Waals surface area contributed by atoms with E-state index in [1.165, 1.54) is 6.40 Å². The molecular formula is C4H7N3O. The minimum absolute atomic E-state index is 0.428. The van der Waals surface area contributed by atoms with Crippen LogP contribution in [0.4, 0.5) is 0 Å². The number of hydroxylamine groups is 1. The van der Waals surface area contributed by atoms with E-state index in [1.54, 1.807) is 6.20 Å². The van der Waals surface area contributed by atoms with E-state index in [4.69, 9.17) is 5.73 Å². The first-order chi connectivity index (χ1) is 3.93. The molecule has 0 aromatic rings. The molecule has 3 N–H and O–H groups in total. The van der Waals surface area contributed by atoms with E-state index in [9.17, 15) is 0 Å². The first-order valence-electron chi connectivity index (χ1n) is 2.26. The highest BCUT2D eigenvalue weighted by Gasteiger charge is 1.93. The predicted molar refractivity (Wildman–Crippen MR) is 29.9 cm³/mol. The molecule has 0 aromatic heterocycles. The molecule has 1 heterocycles. The van der Waals surface area contributed by atoms with Crippen LogP contribution in [0.2, 0.25) is 0 Å². The molecule has 0 aromatic carbocycles. The molecule has 8 heavy (non-hydrogen) atoms. The summed E-state index contributed by atoms with van der Waals surface area (Å²) >= 11 is 0. The van der Waals surface area contributed by atoms with Crippen molar-refractivity contribution >= 4 is 6.40 Å². The van der Waals surface area contributed by atoms with Crippen molar-refractivity contribution in [2.24, 2.45) is 10.7 Å². The molecule has 0 bridgehead atoms. The van der Waals surface area contributed by atoms with Gasteiger partial charge in [-0.1, -0.05) is 0 Å². The second-order valence-corrected chi connectivity index (χ2v) is 1.33. The van der Waals surface area contributed by atoms with Crippen LogP contribution in [0.15, 0.2) is 16.9 Å². The van der Waals surface area contributed by atoms with Gasteiger partial charge in [0.15, 0.2) is 0 Å². The summed E-state index contributed by atoms with van der Waals surface area (Å²) in [5, 5.41) is 0. The Kier molecular flexibility index (Phi) is 1.48. The number of rotatable bonds is 1. The summed E-state index contributed by atoms with van der Waals surface area (Å²) in [7, 11) is 0. The zero-order valence-electron chi connectivity index (χ0n) is 4.29. The SMILES string of the molecule is NCC1=CN=CON1. The topological polar surface area (TPSA) is 59.6 Å². The Hall–Kier alpha value is -1.03. The number of aliphatic imine (C=N–C) groups is 1. The lowest BCUT2D eigenvalue weighted by Gasteiger charge is -2.07. The molecule has 44 valence electrons. The third-order valence-electron chi connectivity index (χ3n) is 0.754. The van der Waals surface area contributed by atoms with E-state index in [2.05, 4.69) is 15.3 Å². The normalized spacial score (nSPS) is 16.4. The van der Waals surface area contributed by atoms with Gasteiger partial charge in [0.05, 0.1) is 11.9 Å². The molecule has 1 aliphatic heterocycles. The molecule has 0 unspecified atom stereocenters. The van der Waals surface area contributed by atoms with Crippen molar-refractivity contribution in [2.45, 2.75) is 0 Å². The van der Waals surface area contributed by atoms with Gasteiger partial charge in [-0.3, -0.25) is 0 Å². The fourth-order valence-electron chi connectivity index (χ4n) is 0.374. The molecular weight excluding hydrogens is 106 g/mol. The second kappa shape index (κ2) is 2.32. The van der Waals surface area contributed by atoms with E-state index < -0.39 is 0 Å². The zero-order chi connectivity index (χ0) is 5.82. The van der Waals surface area contributed by atoms with Gasteiger partial charge in [-0.15, -0.1) is 0 Å². The maximum atomic E-state index is 5.22. The first-order valence-corrected chi connectivity index (χ1v) is 2.26. The van der Waals surface area contributed by atoms with Crippen molar-refractivity contribution < 1.29 is 4.84 Å². The quantitative estimate of drug-likeness (QED) is 0.475. The summed E-state index contributed by atoms with van der Waals surface area (Å²) in [6.45, 7) is 0.428. The second-order valence-electron chi connectivity index (χ2n) is 1.33. The van der Waals surface area contributed by atoms with E-state index in [0.717, 1.165) is 5.70 Å². The molecule has 0 atom stereocenters. The van der Waals surface area contributed by atoms with Crippen molar-refractivity contribution in [2.75, 3.05) is 6.54 Å². The van der Waals surface area contributed by atoms with Crippen LogP contribution in [0.25, 0.3) is 0 Å². The average molecular weight is 113 g/mol. The lowest BCUT2D eigenvalue weighted by Crippen LogP contribution is -2.21. The van der Waals surface area contributed by atoms with Crippen molar-refractivity contribution in [3.8, 4) is 0 Å². The van der Waals surface area contributed by atoms with Crippen molar-refractivity contribution in [1.82, 2.24) is 5.48 Å². The lowest BCUT2D eigenvalue weighted by atomic mass is 10.5. The summed E-state index contributed by atoms with van der Waals surface area (Å²) in [6.07, 6.45) is 2.92. The van der Waals surface area contributed by atoms with Crippen molar-refractivity contribution in [3.63, 3.8) is 0 Å². The Bertz CT molecular complexity index is 129. The third-order valence-corrected chi connectivity index (χ3v) is 0.754. The van der Waals surface area contributed by atoms with E-state index in [0.29, 0.717) is 6.54 Å². The smallest absolute Gasteiger partial charge is 0.208 e. The summed E-state index contributed by atoms with van der Waals surface area (Å²) in [5.74, 6) is 0. The summed E-state index contributed by atoms with van der Waals surface area (Å²) in [5.41, 5.74) is 8.56. The van der Waals surface area contributed by atoms with Crippen LogP contribution in [-0.4, -0.2) is 12.9 Å². The summed E-state index contributed by atoms with van der Waals surface area (Å²) < 4.78 is 0. The van der Waals surface area contributed by atoms with Crippen LogP contribution in [0.3, 0.4) is 0 Å². The number of hydrogen-bond donors (Lipinski definition) is 2. The first kappa shape index (κ1) is 5.11. The molecule has 4 nitrogen and oxygen atoms in total. The molecule has 4 heteroatoms. The minimum atomic E-state index is 0.428. The van der Waals surface area contributed by atoms with Crippen LogP contribution in [0.5, 0.6) is 0 Å². The van der Waals surface area contributed by atoms with E-state index in [1.807, 2.05) is 0 Å². The molecule has 0 radical (unpaired) electrons. The highest BCUT2D eigenvalue weighted by Crippen LogP contribution is 1.89. The van der Waals surface area contributed by atoms with Gasteiger partial charge in [-0.05, 0) is 0 Å². The van der Waals surface area contributed by atoms with E-state index >= 15 is 0 Å². The number of hydrogen-bond acceptors (Lipinski definition) is 4. The Labute approximate surface area is 47.0 Å². The predicted octanol–water partition coefficient (Wildman–Crippen LogP) is -0.650. The Morgan fingerprint density at radius 1 is 1.88 bits per heavy atom. The van der Waals surface area contributed by atoms with Gasteiger partial charge in [0.25, 0.3) is 0 Å². The maximum Gasteiger partial charge on any atom is 0.208 e. The molecule has 0 spiro atoms. The Morgan fingerprint density at radius 2 is 2.75 bits per heavy atom. The molecule has 0 amide bonds. The lowest BCUT2D eigenvalue weighted by molar-refractivity contribution is 0.220. The van der Waals surface area contributed by atoms with Gasteiger partial charge in [0.1, 0.15) is 0 Å². The largest absolute Gasteiger partial charge is 0.370 e. The Morgan fingerprint density at radius 3 is 3.12 bits per heavy atom. The van der Waals surface area contributed by atoms with Gasteiger partial charge >= 0.3 is 0 Å². The van der Waals surface area contributed by atoms with Gasteiger partial charge in [0.2, 0.25) is 6.40 Å². The van der Waals surface area contributed by atoms with Crippen LogP contribution >= 0.6 is 0 Å². The standard InChI is InChI=1S/C4H7N3O/c5-1-4-2-6-3-8-7-4/h2-3,7H,1,5H2. The van der Waals surface area contributed by atoms with Crippen molar-refractivity contribution in [1.29, 1.82) is 0 Å². The van der Waals surface area contributed by atoms with E-state index in [-0.39, 0.29) is 0 Å². The fraction of sp³-hybridized carbons (Fsp3) is 0.250. The highest BCUT2D eigenvalue weighted by molar-refractivity contribution is 5.48. The third kappa shape index (κ3) is 0.974. The molecule has 0 saturated carbocycles. The number of nitrogens with two attached hydrogens (primary N) is 1. The molecule has 0 aliphatic carbocycles. The zero-order valence-corrected chi connectivity index (χ0v) is 4.29. The minimum Gasteiger partial charge on any atom is -0.370 e. The molecule has 0 fully saturated rings. The van der Waals surface area contributed by atoms with Crippen LogP contribution < -0.4 is 11.2 Å².